The number of hydrogen-bond donors (Lipinski definition) is 1. The van der Waals surface area contributed by atoms with Crippen LogP contribution in [0, 0.1) is 5.41 Å². The quantitative estimate of drug-likeness (QED) is 0.665. The fraction of sp³-hybridized carbons (Fsp3) is 0.158. The number of nitrogens with zero attached hydrogens (tertiary/aromatic N) is 2. The van der Waals surface area contributed by atoms with Gasteiger partial charge in [0.25, 0.3) is 0 Å². The molecule has 0 aliphatic rings. The number of ether oxygens (including phenoxy) is 1. The summed E-state index contributed by atoms with van der Waals surface area (Å²) in [7, 11) is 3.42. The van der Waals surface area contributed by atoms with E-state index in [-0.39, 0.29) is 17.9 Å². The summed E-state index contributed by atoms with van der Waals surface area (Å²) in [6, 6.07) is 14.9. The summed E-state index contributed by atoms with van der Waals surface area (Å²) in [6.45, 7) is 0.121. The maximum absolute atomic E-state index is 12.5. The third-order valence-electron chi connectivity index (χ3n) is 4.10. The highest BCUT2D eigenvalue weighted by atomic mass is 79.9. The third kappa shape index (κ3) is 3.58. The van der Waals surface area contributed by atoms with Gasteiger partial charge in [0.05, 0.1) is 19.3 Å². The minimum Gasteiger partial charge on any atom is -0.497 e. The standard InChI is InChI=1S/C19H18BrN3O2/c1-22-17(13-3-7-15(20)8-4-13)11-23(19(22)21)12-18(24)14-5-9-16(25-2)10-6-14/h3-11,21H,12H2,1-2H3. The van der Waals surface area contributed by atoms with Crippen molar-refractivity contribution in [1.82, 2.24) is 9.13 Å². The molecule has 0 unspecified atom stereocenters. The highest BCUT2D eigenvalue weighted by molar-refractivity contribution is 9.10. The first-order valence-corrected chi connectivity index (χ1v) is 8.53. The van der Waals surface area contributed by atoms with E-state index in [0.29, 0.717) is 11.3 Å². The number of imidazole rings is 1. The van der Waals surface area contributed by atoms with Crippen LogP contribution in [0.5, 0.6) is 5.75 Å². The van der Waals surface area contributed by atoms with E-state index in [1.807, 2.05) is 37.5 Å². The van der Waals surface area contributed by atoms with Crippen molar-refractivity contribution in [2.75, 3.05) is 7.11 Å². The SMILES string of the molecule is COc1ccc(C(=O)Cn2cc(-c3ccc(Br)cc3)n(C)c2=N)cc1. The van der Waals surface area contributed by atoms with Crippen LogP contribution < -0.4 is 10.4 Å². The van der Waals surface area contributed by atoms with Gasteiger partial charge in [-0.25, -0.2) is 0 Å². The number of Topliss-reactive ketones (excluding diaryl/α,β-unsaturated/α-hetero) is 1. The first-order chi connectivity index (χ1) is 12.0. The van der Waals surface area contributed by atoms with E-state index in [1.54, 1.807) is 40.5 Å². The number of carbonyl (C=O) groups is 1. The van der Waals surface area contributed by atoms with E-state index in [0.717, 1.165) is 15.7 Å². The van der Waals surface area contributed by atoms with Crippen LogP contribution in [0.15, 0.2) is 59.2 Å². The fourth-order valence-electron chi connectivity index (χ4n) is 2.63. The van der Waals surface area contributed by atoms with Gasteiger partial charge in [0.15, 0.2) is 5.78 Å². The lowest BCUT2D eigenvalue weighted by atomic mass is 10.1. The van der Waals surface area contributed by atoms with Gasteiger partial charge >= 0.3 is 0 Å². The molecule has 0 aliphatic heterocycles. The van der Waals surface area contributed by atoms with Gasteiger partial charge in [-0.3, -0.25) is 10.2 Å². The number of rotatable bonds is 5. The Hall–Kier alpha value is -2.60. The molecule has 128 valence electrons. The highest BCUT2D eigenvalue weighted by Crippen LogP contribution is 2.20. The lowest BCUT2D eigenvalue weighted by Gasteiger charge is -2.04. The molecule has 0 saturated heterocycles. The molecule has 0 radical (unpaired) electrons. The molecular weight excluding hydrogens is 382 g/mol. The number of halogens is 1. The second-order valence-corrected chi connectivity index (χ2v) is 6.60. The predicted octanol–water partition coefficient (Wildman–Crippen LogP) is 3.63. The molecule has 3 rings (SSSR count). The number of hydrogen-bond acceptors (Lipinski definition) is 3. The number of benzene rings is 2. The summed E-state index contributed by atoms with van der Waals surface area (Å²) in [5, 5.41) is 8.27. The van der Waals surface area contributed by atoms with Crippen LogP contribution in [-0.4, -0.2) is 22.0 Å². The Kier molecular flexibility index (Phi) is 4.90. The third-order valence-corrected chi connectivity index (χ3v) is 4.62. The largest absolute Gasteiger partial charge is 0.497 e. The first-order valence-electron chi connectivity index (χ1n) is 7.73. The number of ketones is 1. The maximum atomic E-state index is 12.5. The Bertz CT molecular complexity index is 954. The Labute approximate surface area is 154 Å². The summed E-state index contributed by atoms with van der Waals surface area (Å²) in [5.41, 5.74) is 2.76. The lowest BCUT2D eigenvalue weighted by Crippen LogP contribution is -2.25. The van der Waals surface area contributed by atoms with Gasteiger partial charge in [-0.15, -0.1) is 0 Å². The van der Waals surface area contributed by atoms with Crippen LogP contribution in [0.3, 0.4) is 0 Å². The molecule has 6 heteroatoms. The molecule has 0 aliphatic carbocycles. The summed E-state index contributed by atoms with van der Waals surface area (Å²) in [4.78, 5) is 12.5. The molecule has 1 N–H and O–H groups in total. The van der Waals surface area contributed by atoms with Gasteiger partial charge in [-0.2, -0.15) is 0 Å². The van der Waals surface area contributed by atoms with Crippen LogP contribution in [-0.2, 0) is 13.6 Å². The fourth-order valence-corrected chi connectivity index (χ4v) is 2.90. The average molecular weight is 400 g/mol. The van der Waals surface area contributed by atoms with E-state index in [9.17, 15) is 4.79 Å². The summed E-state index contributed by atoms with van der Waals surface area (Å²) in [5.74, 6) is 0.664. The smallest absolute Gasteiger partial charge is 0.202 e. The molecule has 1 aromatic heterocycles. The van der Waals surface area contributed by atoms with Crippen molar-refractivity contribution in [2.45, 2.75) is 6.54 Å². The van der Waals surface area contributed by atoms with Crippen molar-refractivity contribution in [1.29, 1.82) is 5.41 Å². The molecule has 0 bridgehead atoms. The minimum atomic E-state index is -0.0471. The van der Waals surface area contributed by atoms with Gasteiger partial charge in [0, 0.05) is 23.3 Å². The molecule has 0 saturated carbocycles. The summed E-state index contributed by atoms with van der Waals surface area (Å²) >= 11 is 3.42. The molecule has 0 amide bonds. The van der Waals surface area contributed by atoms with Crippen molar-refractivity contribution < 1.29 is 9.53 Å². The van der Waals surface area contributed by atoms with E-state index < -0.39 is 0 Å². The maximum Gasteiger partial charge on any atom is 0.202 e. The van der Waals surface area contributed by atoms with Crippen molar-refractivity contribution in [2.24, 2.45) is 7.05 Å². The van der Waals surface area contributed by atoms with Crippen LogP contribution >= 0.6 is 15.9 Å². The van der Waals surface area contributed by atoms with E-state index in [1.165, 1.54) is 0 Å². The molecule has 2 aromatic carbocycles. The molecule has 0 atom stereocenters. The second-order valence-electron chi connectivity index (χ2n) is 5.68. The minimum absolute atomic E-state index is 0.0471. The average Bonchev–Trinajstić information content (AvgIpc) is 2.91. The summed E-state index contributed by atoms with van der Waals surface area (Å²) in [6.07, 6.45) is 1.84. The summed E-state index contributed by atoms with van der Waals surface area (Å²) < 4.78 is 9.53. The van der Waals surface area contributed by atoms with Gasteiger partial charge < -0.3 is 13.9 Å². The van der Waals surface area contributed by atoms with Crippen LogP contribution in [0.1, 0.15) is 10.4 Å². The Morgan fingerprint density at radius 3 is 2.36 bits per heavy atom. The monoisotopic (exact) mass is 399 g/mol. The van der Waals surface area contributed by atoms with Crippen LogP contribution in [0.4, 0.5) is 0 Å². The molecule has 0 fully saturated rings. The molecule has 0 spiro atoms. The van der Waals surface area contributed by atoms with E-state index in [2.05, 4.69) is 15.9 Å². The number of nitrogens with one attached hydrogen (secondary N) is 1. The van der Waals surface area contributed by atoms with Crippen molar-refractivity contribution >= 4 is 21.7 Å². The Balaban J connectivity index is 1.87. The van der Waals surface area contributed by atoms with Gasteiger partial charge in [-0.1, -0.05) is 28.1 Å². The zero-order valence-electron chi connectivity index (χ0n) is 14.0. The predicted molar refractivity (Wildman–Crippen MR) is 99.7 cm³/mol. The van der Waals surface area contributed by atoms with E-state index >= 15 is 0 Å². The van der Waals surface area contributed by atoms with Gasteiger partial charge in [0.1, 0.15) is 5.75 Å². The van der Waals surface area contributed by atoms with Crippen molar-refractivity contribution in [3.63, 3.8) is 0 Å². The molecule has 25 heavy (non-hydrogen) atoms. The van der Waals surface area contributed by atoms with Crippen LogP contribution in [0.2, 0.25) is 0 Å². The number of carbonyl (C=O) groups excluding carboxylic acids is 1. The topological polar surface area (TPSA) is 60.0 Å². The highest BCUT2D eigenvalue weighted by Gasteiger charge is 2.12. The molecular formula is C19H18BrN3O2. The molecule has 1 heterocycles. The van der Waals surface area contributed by atoms with Crippen molar-refractivity contribution in [3.05, 3.63) is 70.4 Å². The van der Waals surface area contributed by atoms with Gasteiger partial charge in [0.2, 0.25) is 5.62 Å². The Morgan fingerprint density at radius 2 is 1.76 bits per heavy atom. The van der Waals surface area contributed by atoms with Gasteiger partial charge in [-0.05, 0) is 42.0 Å². The zero-order valence-corrected chi connectivity index (χ0v) is 15.6. The Morgan fingerprint density at radius 1 is 1.12 bits per heavy atom. The molecule has 3 aromatic rings. The second kappa shape index (κ2) is 7.11. The lowest BCUT2D eigenvalue weighted by molar-refractivity contribution is 0.0970. The van der Waals surface area contributed by atoms with Crippen LogP contribution in [0.25, 0.3) is 11.3 Å². The number of methoxy groups -OCH3 is 1. The van der Waals surface area contributed by atoms with E-state index in [4.69, 9.17) is 10.1 Å². The zero-order chi connectivity index (χ0) is 18.0. The normalized spacial score (nSPS) is 10.7. The first kappa shape index (κ1) is 17.2. The van der Waals surface area contributed by atoms with Crippen molar-refractivity contribution in [3.8, 4) is 17.0 Å². The molecule has 5 nitrogen and oxygen atoms in total. The number of aromatic nitrogens is 2.